The summed E-state index contributed by atoms with van der Waals surface area (Å²) in [5, 5.41) is 15.4. The van der Waals surface area contributed by atoms with Gasteiger partial charge in [0.15, 0.2) is 0 Å². The Morgan fingerprint density at radius 2 is 2.00 bits per heavy atom. The molecule has 1 saturated heterocycles. The number of piperidine rings is 1. The van der Waals surface area contributed by atoms with Gasteiger partial charge in [-0.3, -0.25) is 4.79 Å². The molecule has 0 atom stereocenters. The molecule has 1 aliphatic carbocycles. The second kappa shape index (κ2) is 7.11. The maximum Gasteiger partial charge on any atom is 0.318 e. The largest absolute Gasteiger partial charge is 0.481 e. The third-order valence-corrected chi connectivity index (χ3v) is 4.65. The quantitative estimate of drug-likeness (QED) is 0.695. The van der Waals surface area contributed by atoms with Gasteiger partial charge in [0.1, 0.15) is 0 Å². The van der Waals surface area contributed by atoms with Crippen molar-refractivity contribution in [2.45, 2.75) is 63.5 Å². The van der Waals surface area contributed by atoms with Crippen molar-refractivity contribution < 1.29 is 14.7 Å². The van der Waals surface area contributed by atoms with Gasteiger partial charge in [-0.1, -0.05) is 6.92 Å². The standard InChI is InChI=1S/C15H27N3O3/c1-2-10-18(12-4-8-16-9-5-12)14(21)17-15(6-3-7-15)11-13(19)20/h12,16H,2-11H2,1H3,(H,17,21)(H,19,20). The highest BCUT2D eigenvalue weighted by Crippen LogP contribution is 2.35. The first-order chi connectivity index (χ1) is 10.1. The third kappa shape index (κ3) is 4.09. The molecule has 2 fully saturated rings. The molecule has 0 aromatic rings. The average Bonchev–Trinajstić information content (AvgIpc) is 2.42. The number of hydrogen-bond donors (Lipinski definition) is 3. The second-order valence-electron chi connectivity index (χ2n) is 6.31. The van der Waals surface area contributed by atoms with Gasteiger partial charge < -0.3 is 20.6 Å². The lowest BCUT2D eigenvalue weighted by Crippen LogP contribution is -2.60. The molecule has 120 valence electrons. The zero-order valence-electron chi connectivity index (χ0n) is 12.9. The predicted octanol–water partition coefficient (Wildman–Crippen LogP) is 1.56. The van der Waals surface area contributed by atoms with Crippen molar-refractivity contribution in [1.82, 2.24) is 15.5 Å². The van der Waals surface area contributed by atoms with E-state index in [1.807, 2.05) is 4.90 Å². The van der Waals surface area contributed by atoms with Crippen molar-refractivity contribution in [2.24, 2.45) is 0 Å². The number of aliphatic carboxylic acids is 1. The molecule has 2 aliphatic rings. The Morgan fingerprint density at radius 1 is 1.33 bits per heavy atom. The fraction of sp³-hybridized carbons (Fsp3) is 0.867. The predicted molar refractivity (Wildman–Crippen MR) is 80.3 cm³/mol. The minimum atomic E-state index is -0.834. The summed E-state index contributed by atoms with van der Waals surface area (Å²) in [5.41, 5.74) is -0.512. The van der Waals surface area contributed by atoms with Gasteiger partial charge in [0.05, 0.1) is 12.0 Å². The summed E-state index contributed by atoms with van der Waals surface area (Å²) < 4.78 is 0. The van der Waals surface area contributed by atoms with Crippen LogP contribution in [0.25, 0.3) is 0 Å². The maximum absolute atomic E-state index is 12.6. The van der Waals surface area contributed by atoms with Crippen molar-refractivity contribution in [1.29, 1.82) is 0 Å². The van der Waals surface area contributed by atoms with Gasteiger partial charge in [0.25, 0.3) is 0 Å². The summed E-state index contributed by atoms with van der Waals surface area (Å²) in [5.74, 6) is -0.834. The Labute approximate surface area is 126 Å². The van der Waals surface area contributed by atoms with Crippen LogP contribution in [0, 0.1) is 0 Å². The lowest BCUT2D eigenvalue weighted by molar-refractivity contribution is -0.139. The van der Waals surface area contributed by atoms with Crippen LogP contribution in [0.4, 0.5) is 4.79 Å². The number of carbonyl (C=O) groups excluding carboxylic acids is 1. The molecule has 2 rings (SSSR count). The Hall–Kier alpha value is -1.30. The number of carboxylic acids is 1. The zero-order chi connectivity index (χ0) is 15.3. The molecular formula is C15H27N3O3. The van der Waals surface area contributed by atoms with Crippen LogP contribution in [0.15, 0.2) is 0 Å². The van der Waals surface area contributed by atoms with E-state index in [4.69, 9.17) is 5.11 Å². The lowest BCUT2D eigenvalue weighted by Gasteiger charge is -2.44. The van der Waals surface area contributed by atoms with E-state index in [9.17, 15) is 9.59 Å². The highest BCUT2D eigenvalue weighted by atomic mass is 16.4. The zero-order valence-corrected chi connectivity index (χ0v) is 12.9. The fourth-order valence-corrected chi connectivity index (χ4v) is 3.35. The van der Waals surface area contributed by atoms with E-state index in [1.54, 1.807) is 0 Å². The van der Waals surface area contributed by atoms with Gasteiger partial charge in [-0.25, -0.2) is 4.79 Å². The minimum absolute atomic E-state index is 0.0327. The van der Waals surface area contributed by atoms with E-state index in [1.165, 1.54) is 0 Å². The van der Waals surface area contributed by atoms with E-state index in [0.29, 0.717) is 0 Å². The molecule has 1 heterocycles. The normalized spacial score (nSPS) is 21.4. The molecule has 0 aromatic heterocycles. The summed E-state index contributed by atoms with van der Waals surface area (Å²) in [4.78, 5) is 25.6. The van der Waals surface area contributed by atoms with Crippen molar-refractivity contribution >= 4 is 12.0 Å². The molecule has 1 aliphatic heterocycles. The smallest absolute Gasteiger partial charge is 0.318 e. The third-order valence-electron chi connectivity index (χ3n) is 4.65. The molecule has 21 heavy (non-hydrogen) atoms. The van der Waals surface area contributed by atoms with Gasteiger partial charge in [-0.05, 0) is 51.6 Å². The van der Waals surface area contributed by atoms with E-state index in [0.717, 1.165) is 58.2 Å². The summed E-state index contributed by atoms with van der Waals surface area (Å²) in [6.07, 6.45) is 5.44. The highest BCUT2D eigenvalue weighted by molar-refractivity contribution is 5.77. The summed E-state index contributed by atoms with van der Waals surface area (Å²) in [6.45, 7) is 4.69. The van der Waals surface area contributed by atoms with Crippen LogP contribution in [0.3, 0.4) is 0 Å². The molecule has 1 saturated carbocycles. The Balaban J connectivity index is 1.98. The van der Waals surface area contributed by atoms with Crippen LogP contribution < -0.4 is 10.6 Å². The number of carboxylic acid groups (broad SMARTS) is 1. The minimum Gasteiger partial charge on any atom is -0.481 e. The SMILES string of the molecule is CCCN(C(=O)NC1(CC(=O)O)CCC1)C1CCNCC1. The van der Waals surface area contributed by atoms with E-state index < -0.39 is 11.5 Å². The topological polar surface area (TPSA) is 81.7 Å². The Kier molecular flexibility index (Phi) is 5.45. The molecule has 2 amide bonds. The number of urea groups is 1. The lowest BCUT2D eigenvalue weighted by atomic mass is 9.74. The van der Waals surface area contributed by atoms with Crippen LogP contribution in [0.2, 0.25) is 0 Å². The number of carbonyl (C=O) groups is 2. The monoisotopic (exact) mass is 297 g/mol. The number of amides is 2. The first-order valence-electron chi connectivity index (χ1n) is 8.07. The van der Waals surface area contributed by atoms with E-state index in [-0.39, 0.29) is 18.5 Å². The molecule has 0 radical (unpaired) electrons. The van der Waals surface area contributed by atoms with Crippen LogP contribution >= 0.6 is 0 Å². The molecule has 3 N–H and O–H groups in total. The van der Waals surface area contributed by atoms with Crippen LogP contribution in [-0.4, -0.2) is 53.2 Å². The van der Waals surface area contributed by atoms with Crippen LogP contribution in [0.1, 0.15) is 51.9 Å². The molecular weight excluding hydrogens is 270 g/mol. The van der Waals surface area contributed by atoms with Crippen molar-refractivity contribution in [3.63, 3.8) is 0 Å². The molecule has 6 heteroatoms. The summed E-state index contributed by atoms with van der Waals surface area (Å²) in [6, 6.07) is 0.192. The summed E-state index contributed by atoms with van der Waals surface area (Å²) in [7, 11) is 0. The molecule has 0 unspecified atom stereocenters. The van der Waals surface area contributed by atoms with Gasteiger partial charge >= 0.3 is 12.0 Å². The summed E-state index contributed by atoms with van der Waals surface area (Å²) >= 11 is 0. The average molecular weight is 297 g/mol. The first kappa shape index (κ1) is 16.1. The van der Waals surface area contributed by atoms with Crippen molar-refractivity contribution in [3.05, 3.63) is 0 Å². The van der Waals surface area contributed by atoms with Crippen LogP contribution in [0.5, 0.6) is 0 Å². The number of hydrogen-bond acceptors (Lipinski definition) is 3. The van der Waals surface area contributed by atoms with Crippen LogP contribution in [-0.2, 0) is 4.79 Å². The Morgan fingerprint density at radius 3 is 2.48 bits per heavy atom. The maximum atomic E-state index is 12.6. The van der Waals surface area contributed by atoms with E-state index >= 15 is 0 Å². The molecule has 6 nitrogen and oxygen atoms in total. The number of nitrogens with one attached hydrogen (secondary N) is 2. The molecule has 0 aromatic carbocycles. The van der Waals surface area contributed by atoms with Gasteiger partial charge in [0, 0.05) is 12.6 Å². The number of nitrogens with zero attached hydrogens (tertiary/aromatic N) is 1. The van der Waals surface area contributed by atoms with Crippen molar-refractivity contribution in [2.75, 3.05) is 19.6 Å². The van der Waals surface area contributed by atoms with Gasteiger partial charge in [-0.15, -0.1) is 0 Å². The molecule has 0 bridgehead atoms. The second-order valence-corrected chi connectivity index (χ2v) is 6.31. The highest BCUT2D eigenvalue weighted by Gasteiger charge is 2.41. The fourth-order valence-electron chi connectivity index (χ4n) is 3.35. The number of rotatable bonds is 6. The van der Waals surface area contributed by atoms with Gasteiger partial charge in [-0.2, -0.15) is 0 Å². The van der Waals surface area contributed by atoms with Crippen molar-refractivity contribution in [3.8, 4) is 0 Å². The van der Waals surface area contributed by atoms with E-state index in [2.05, 4.69) is 17.6 Å². The van der Waals surface area contributed by atoms with Gasteiger partial charge in [0.2, 0.25) is 0 Å². The first-order valence-corrected chi connectivity index (χ1v) is 8.07. The Bertz CT molecular complexity index is 376. The molecule has 0 spiro atoms.